The molecule has 0 aliphatic heterocycles. The average molecular weight is 136 g/mol. The van der Waals surface area contributed by atoms with Crippen molar-refractivity contribution >= 4 is 0 Å². The molecule has 0 radical (unpaired) electrons. The zero-order chi connectivity index (χ0) is 7.98. The summed E-state index contributed by atoms with van der Waals surface area (Å²) in [5, 5.41) is 8.89. The fraction of sp³-hybridized carbons (Fsp3) is 0.111. The second-order valence-electron chi connectivity index (χ2n) is 1.79. The van der Waals surface area contributed by atoms with E-state index in [1.807, 2.05) is 6.92 Å². The molecule has 0 atom stereocenters. The maximum Gasteiger partial charge on any atom is 0.115 e. The molecule has 0 aliphatic rings. The molecule has 1 N–H and O–H groups in total. The Morgan fingerprint density at radius 3 is 2.40 bits per heavy atom. The molecule has 0 saturated carbocycles. The zero-order valence-corrected chi connectivity index (χ0v) is 6.17. The number of aliphatic hydroxyl groups is 1. The van der Waals surface area contributed by atoms with E-state index in [1.165, 1.54) is 0 Å². The Balaban J connectivity index is 4.25. The molecule has 0 bridgehead atoms. The van der Waals surface area contributed by atoms with Crippen molar-refractivity contribution in [2.24, 2.45) is 0 Å². The van der Waals surface area contributed by atoms with Crippen LogP contribution < -0.4 is 0 Å². The minimum Gasteiger partial charge on any atom is -0.508 e. The molecule has 0 unspecified atom stereocenters. The first-order valence-electron chi connectivity index (χ1n) is 3.06. The molecular weight excluding hydrogens is 124 g/mol. The highest BCUT2D eigenvalue weighted by Crippen LogP contribution is 2.04. The maximum atomic E-state index is 8.89. The lowest BCUT2D eigenvalue weighted by Gasteiger charge is -1.94. The summed E-state index contributed by atoms with van der Waals surface area (Å²) in [6.45, 7) is 8.72. The molecule has 0 aromatic heterocycles. The first kappa shape index (κ1) is 8.76. The van der Waals surface area contributed by atoms with Gasteiger partial charge in [-0.05, 0) is 6.92 Å². The number of rotatable bonds is 3. The van der Waals surface area contributed by atoms with Gasteiger partial charge in [-0.3, -0.25) is 0 Å². The second-order valence-corrected chi connectivity index (χ2v) is 1.79. The van der Waals surface area contributed by atoms with Gasteiger partial charge in [0.05, 0.1) is 0 Å². The van der Waals surface area contributed by atoms with Crippen LogP contribution in [0.4, 0.5) is 0 Å². The van der Waals surface area contributed by atoms with Crippen molar-refractivity contribution < 1.29 is 5.11 Å². The summed E-state index contributed by atoms with van der Waals surface area (Å²) in [5.74, 6) is 0.0839. The molecule has 54 valence electrons. The Morgan fingerprint density at radius 2 is 2.10 bits per heavy atom. The Labute approximate surface area is 61.7 Å². The molecule has 0 amide bonds. The van der Waals surface area contributed by atoms with Crippen LogP contribution in [0, 0.1) is 0 Å². The highest BCUT2D eigenvalue weighted by molar-refractivity contribution is 5.33. The van der Waals surface area contributed by atoms with Gasteiger partial charge in [-0.25, -0.2) is 0 Å². The van der Waals surface area contributed by atoms with Crippen molar-refractivity contribution in [1.29, 1.82) is 0 Å². The molecule has 0 aromatic rings. The molecule has 10 heavy (non-hydrogen) atoms. The predicted molar refractivity (Wildman–Crippen MR) is 44.9 cm³/mol. The molecule has 0 aliphatic carbocycles. The second kappa shape index (κ2) is 4.62. The topological polar surface area (TPSA) is 20.2 Å². The van der Waals surface area contributed by atoms with Crippen LogP contribution in [0.15, 0.2) is 48.8 Å². The van der Waals surface area contributed by atoms with Gasteiger partial charge in [-0.15, -0.1) is 0 Å². The van der Waals surface area contributed by atoms with Gasteiger partial charge < -0.3 is 5.11 Å². The summed E-state index contributed by atoms with van der Waals surface area (Å²) < 4.78 is 0. The van der Waals surface area contributed by atoms with Gasteiger partial charge in [-0.1, -0.05) is 37.5 Å². The first-order chi connectivity index (χ1) is 4.72. The third-order valence-electron chi connectivity index (χ3n) is 1.06. The molecule has 0 saturated heterocycles. The molecule has 0 heterocycles. The molecular formula is C9H12O. The molecule has 0 rings (SSSR count). The quantitative estimate of drug-likeness (QED) is 0.467. The van der Waals surface area contributed by atoms with Gasteiger partial charge in [-0.2, -0.15) is 0 Å². The Morgan fingerprint density at radius 1 is 1.50 bits per heavy atom. The number of allylic oxidation sites excluding steroid dienone is 4. The molecule has 0 spiro atoms. The lowest BCUT2D eigenvalue weighted by Crippen LogP contribution is -1.79. The van der Waals surface area contributed by atoms with E-state index in [0.29, 0.717) is 0 Å². The van der Waals surface area contributed by atoms with Crippen LogP contribution in [0.2, 0.25) is 0 Å². The summed E-state index contributed by atoms with van der Waals surface area (Å²) >= 11 is 0. The molecule has 0 fully saturated rings. The van der Waals surface area contributed by atoms with E-state index in [-0.39, 0.29) is 5.76 Å². The first-order valence-corrected chi connectivity index (χ1v) is 3.06. The largest absolute Gasteiger partial charge is 0.508 e. The van der Waals surface area contributed by atoms with Crippen LogP contribution in [0.5, 0.6) is 0 Å². The average Bonchev–Trinajstić information content (AvgIpc) is 1.89. The Kier molecular flexibility index (Phi) is 4.05. The van der Waals surface area contributed by atoms with Crippen LogP contribution in [-0.2, 0) is 0 Å². The van der Waals surface area contributed by atoms with Crippen LogP contribution >= 0.6 is 0 Å². The summed E-state index contributed by atoms with van der Waals surface area (Å²) in [4.78, 5) is 0. The van der Waals surface area contributed by atoms with Crippen LogP contribution in [0.1, 0.15) is 6.92 Å². The van der Waals surface area contributed by atoms with Crippen LogP contribution in [0.25, 0.3) is 0 Å². The van der Waals surface area contributed by atoms with E-state index in [9.17, 15) is 0 Å². The number of hydrogen-bond donors (Lipinski definition) is 1. The van der Waals surface area contributed by atoms with Crippen molar-refractivity contribution in [3.05, 3.63) is 48.8 Å². The Bertz CT molecular complexity index is 185. The third-order valence-corrected chi connectivity index (χ3v) is 1.06. The van der Waals surface area contributed by atoms with Crippen LogP contribution in [-0.4, -0.2) is 5.11 Å². The van der Waals surface area contributed by atoms with E-state index < -0.39 is 0 Å². The lowest BCUT2D eigenvalue weighted by atomic mass is 10.2. The standard InChI is InChI=1S/C9H12O/c1-4-6-7-9(5-2)8(3)10/h4-7,10H,1,3H2,2H3/b7-6-,9-5+. The molecule has 0 aromatic carbocycles. The van der Waals surface area contributed by atoms with E-state index >= 15 is 0 Å². The van der Waals surface area contributed by atoms with E-state index in [0.717, 1.165) is 5.57 Å². The fourth-order valence-corrected chi connectivity index (χ4v) is 0.531. The lowest BCUT2D eigenvalue weighted by molar-refractivity contribution is 0.429. The smallest absolute Gasteiger partial charge is 0.115 e. The van der Waals surface area contributed by atoms with Gasteiger partial charge in [0, 0.05) is 5.57 Å². The van der Waals surface area contributed by atoms with E-state index in [2.05, 4.69) is 13.2 Å². The van der Waals surface area contributed by atoms with Crippen molar-refractivity contribution in [2.75, 3.05) is 0 Å². The van der Waals surface area contributed by atoms with Gasteiger partial charge in [0.2, 0.25) is 0 Å². The monoisotopic (exact) mass is 136 g/mol. The van der Waals surface area contributed by atoms with Gasteiger partial charge in [0.25, 0.3) is 0 Å². The highest BCUT2D eigenvalue weighted by Gasteiger charge is 1.90. The maximum absolute atomic E-state index is 8.89. The van der Waals surface area contributed by atoms with Crippen molar-refractivity contribution in [2.45, 2.75) is 6.92 Å². The minimum absolute atomic E-state index is 0.0839. The molecule has 1 nitrogen and oxygen atoms in total. The van der Waals surface area contributed by atoms with E-state index in [1.54, 1.807) is 24.3 Å². The zero-order valence-electron chi connectivity index (χ0n) is 6.17. The highest BCUT2D eigenvalue weighted by atomic mass is 16.3. The van der Waals surface area contributed by atoms with Crippen LogP contribution in [0.3, 0.4) is 0 Å². The summed E-state index contributed by atoms with van der Waals surface area (Å²) in [6.07, 6.45) is 6.92. The summed E-state index contributed by atoms with van der Waals surface area (Å²) in [5.41, 5.74) is 0.722. The Hall–Kier alpha value is -1.24. The SMILES string of the molecule is C=C/C=C\C(=C/C)C(=C)O. The number of hydrogen-bond acceptors (Lipinski definition) is 1. The normalized spacial score (nSPS) is 11.9. The van der Waals surface area contributed by atoms with Crippen molar-refractivity contribution in [3.63, 3.8) is 0 Å². The van der Waals surface area contributed by atoms with Crippen molar-refractivity contribution in [1.82, 2.24) is 0 Å². The third kappa shape index (κ3) is 2.92. The fourth-order valence-electron chi connectivity index (χ4n) is 0.531. The summed E-state index contributed by atoms with van der Waals surface area (Å²) in [6, 6.07) is 0. The molecule has 1 heteroatoms. The predicted octanol–water partition coefficient (Wildman–Crippen LogP) is 2.75. The minimum atomic E-state index is 0.0839. The summed E-state index contributed by atoms with van der Waals surface area (Å²) in [7, 11) is 0. The number of aliphatic hydroxyl groups excluding tert-OH is 1. The van der Waals surface area contributed by atoms with Crippen molar-refractivity contribution in [3.8, 4) is 0 Å². The van der Waals surface area contributed by atoms with E-state index in [4.69, 9.17) is 5.11 Å². The van der Waals surface area contributed by atoms with Gasteiger partial charge in [0.15, 0.2) is 0 Å². The van der Waals surface area contributed by atoms with Gasteiger partial charge >= 0.3 is 0 Å². The van der Waals surface area contributed by atoms with Gasteiger partial charge in [0.1, 0.15) is 5.76 Å².